The number of ether oxygens (including phenoxy) is 1. The smallest absolute Gasteiger partial charge is 0.191 e. The van der Waals surface area contributed by atoms with Crippen molar-refractivity contribution in [3.8, 4) is 5.75 Å². The zero-order chi connectivity index (χ0) is 18.9. The third-order valence-corrected chi connectivity index (χ3v) is 3.82. The lowest BCUT2D eigenvalue weighted by atomic mass is 10.2. The van der Waals surface area contributed by atoms with E-state index >= 15 is 0 Å². The van der Waals surface area contributed by atoms with Crippen LogP contribution in [0.1, 0.15) is 11.1 Å². The molecule has 3 aromatic rings. The van der Waals surface area contributed by atoms with E-state index in [9.17, 15) is 4.39 Å². The Morgan fingerprint density at radius 1 is 0.963 bits per heavy atom. The van der Waals surface area contributed by atoms with Crippen LogP contribution in [-0.2, 0) is 6.61 Å². The number of nitrogens with zero attached hydrogens (tertiary/aromatic N) is 1. The van der Waals surface area contributed by atoms with Crippen LogP contribution in [0.15, 0.2) is 84.0 Å². The van der Waals surface area contributed by atoms with Crippen molar-refractivity contribution in [2.24, 2.45) is 5.10 Å². The summed E-state index contributed by atoms with van der Waals surface area (Å²) >= 11 is 5.21. The minimum absolute atomic E-state index is 0.266. The first kappa shape index (κ1) is 18.5. The van der Waals surface area contributed by atoms with Gasteiger partial charge in [0, 0.05) is 11.3 Å². The van der Waals surface area contributed by atoms with Gasteiger partial charge in [0.25, 0.3) is 0 Å². The number of hydrazone groups is 1. The second kappa shape index (κ2) is 9.45. The average Bonchev–Trinajstić information content (AvgIpc) is 2.69. The summed E-state index contributed by atoms with van der Waals surface area (Å²) < 4.78 is 18.8. The quantitative estimate of drug-likeness (QED) is 0.369. The number of hydrogen-bond acceptors (Lipinski definition) is 3. The molecule has 0 atom stereocenters. The van der Waals surface area contributed by atoms with Crippen LogP contribution in [0.4, 0.5) is 10.1 Å². The summed E-state index contributed by atoms with van der Waals surface area (Å²) in [6.07, 6.45) is 1.64. The molecule has 0 unspecified atom stereocenters. The average molecular weight is 379 g/mol. The Hall–Kier alpha value is -3.25. The second-order valence-corrected chi connectivity index (χ2v) is 6.05. The molecule has 0 bridgehead atoms. The van der Waals surface area contributed by atoms with Crippen LogP contribution in [-0.4, -0.2) is 11.3 Å². The van der Waals surface area contributed by atoms with E-state index < -0.39 is 0 Å². The Balaban J connectivity index is 1.57. The van der Waals surface area contributed by atoms with E-state index in [1.807, 2.05) is 54.6 Å². The first-order valence-electron chi connectivity index (χ1n) is 8.32. The minimum Gasteiger partial charge on any atom is -0.488 e. The fraction of sp³-hybridized carbons (Fsp3) is 0.0476. The number of rotatable bonds is 6. The molecule has 0 saturated carbocycles. The summed E-state index contributed by atoms with van der Waals surface area (Å²) in [7, 11) is 0. The lowest BCUT2D eigenvalue weighted by molar-refractivity contribution is 0.305. The molecule has 0 spiro atoms. The number of benzene rings is 3. The highest BCUT2D eigenvalue weighted by atomic mass is 32.1. The van der Waals surface area contributed by atoms with Crippen molar-refractivity contribution in [3.63, 3.8) is 0 Å². The molecule has 0 aromatic heterocycles. The minimum atomic E-state index is -0.266. The van der Waals surface area contributed by atoms with Crippen LogP contribution in [0, 0.1) is 5.82 Å². The van der Waals surface area contributed by atoms with E-state index in [1.54, 1.807) is 18.3 Å². The summed E-state index contributed by atoms with van der Waals surface area (Å²) in [4.78, 5) is 0. The lowest BCUT2D eigenvalue weighted by Gasteiger charge is -2.09. The molecule has 0 saturated heterocycles. The van der Waals surface area contributed by atoms with Crippen molar-refractivity contribution < 1.29 is 9.13 Å². The molecule has 3 rings (SSSR count). The molecule has 0 radical (unpaired) electrons. The Labute approximate surface area is 162 Å². The fourth-order valence-corrected chi connectivity index (χ4v) is 2.47. The molecule has 4 nitrogen and oxygen atoms in total. The number of halogens is 1. The molecule has 136 valence electrons. The molecule has 0 aliphatic rings. The van der Waals surface area contributed by atoms with Crippen LogP contribution in [0.25, 0.3) is 0 Å². The highest BCUT2D eigenvalue weighted by Gasteiger charge is 2.02. The van der Waals surface area contributed by atoms with Gasteiger partial charge in [-0.2, -0.15) is 5.10 Å². The lowest BCUT2D eigenvalue weighted by Crippen LogP contribution is -2.23. The van der Waals surface area contributed by atoms with Gasteiger partial charge in [-0.25, -0.2) is 4.39 Å². The Kier molecular flexibility index (Phi) is 6.49. The standard InChI is InChI=1S/C21H18FN3OS/c22-18-12-10-16(11-13-18)15-26-20-9-5-4-6-17(20)14-23-25-21(27)24-19-7-2-1-3-8-19/h1-14H,15H2,(H2,24,25,27). The van der Waals surface area contributed by atoms with Crippen LogP contribution in [0.3, 0.4) is 0 Å². The van der Waals surface area contributed by atoms with Gasteiger partial charge in [0.05, 0.1) is 6.21 Å². The van der Waals surface area contributed by atoms with Crippen molar-refractivity contribution in [1.29, 1.82) is 0 Å². The van der Waals surface area contributed by atoms with Crippen LogP contribution in [0.2, 0.25) is 0 Å². The zero-order valence-electron chi connectivity index (χ0n) is 14.4. The van der Waals surface area contributed by atoms with E-state index in [0.717, 1.165) is 16.8 Å². The maximum absolute atomic E-state index is 13.0. The summed E-state index contributed by atoms with van der Waals surface area (Å²) in [5.41, 5.74) is 5.35. The summed E-state index contributed by atoms with van der Waals surface area (Å²) in [6.45, 7) is 0.340. The first-order chi connectivity index (χ1) is 13.2. The van der Waals surface area contributed by atoms with Gasteiger partial charge in [0.15, 0.2) is 5.11 Å². The fourth-order valence-electron chi connectivity index (χ4n) is 2.30. The van der Waals surface area contributed by atoms with Crippen LogP contribution >= 0.6 is 12.2 Å². The molecule has 2 N–H and O–H groups in total. The van der Waals surface area contributed by atoms with Gasteiger partial charge in [-0.3, -0.25) is 5.43 Å². The topological polar surface area (TPSA) is 45.6 Å². The van der Waals surface area contributed by atoms with Crippen molar-refractivity contribution >= 4 is 29.2 Å². The van der Waals surface area contributed by atoms with Gasteiger partial charge >= 0.3 is 0 Å². The van der Waals surface area contributed by atoms with Crippen LogP contribution in [0.5, 0.6) is 5.75 Å². The predicted molar refractivity (Wildman–Crippen MR) is 111 cm³/mol. The number of thiocarbonyl (C=S) groups is 1. The largest absolute Gasteiger partial charge is 0.488 e. The van der Waals surface area contributed by atoms with E-state index in [4.69, 9.17) is 17.0 Å². The van der Waals surface area contributed by atoms with Gasteiger partial charge in [-0.15, -0.1) is 0 Å². The van der Waals surface area contributed by atoms with Crippen LogP contribution < -0.4 is 15.5 Å². The number of nitrogens with one attached hydrogen (secondary N) is 2. The first-order valence-corrected chi connectivity index (χ1v) is 8.73. The maximum atomic E-state index is 13.0. The molecule has 3 aromatic carbocycles. The van der Waals surface area contributed by atoms with E-state index in [-0.39, 0.29) is 5.82 Å². The third kappa shape index (κ3) is 5.90. The maximum Gasteiger partial charge on any atom is 0.191 e. The van der Waals surface area contributed by atoms with E-state index in [1.165, 1.54) is 12.1 Å². The van der Waals surface area contributed by atoms with Crippen molar-refractivity contribution in [3.05, 3.63) is 95.8 Å². The van der Waals surface area contributed by atoms with Gasteiger partial charge in [0.1, 0.15) is 18.2 Å². The molecular formula is C21H18FN3OS. The van der Waals surface area contributed by atoms with Gasteiger partial charge in [-0.1, -0.05) is 42.5 Å². The third-order valence-electron chi connectivity index (χ3n) is 3.63. The molecular weight excluding hydrogens is 361 g/mol. The normalized spacial score (nSPS) is 10.6. The molecule has 0 heterocycles. The van der Waals surface area contributed by atoms with Crippen molar-refractivity contribution in [2.45, 2.75) is 6.61 Å². The Morgan fingerprint density at radius 2 is 1.67 bits per heavy atom. The molecule has 27 heavy (non-hydrogen) atoms. The Morgan fingerprint density at radius 3 is 2.44 bits per heavy atom. The van der Waals surface area contributed by atoms with Gasteiger partial charge < -0.3 is 10.1 Å². The Bertz CT molecular complexity index is 914. The highest BCUT2D eigenvalue weighted by Crippen LogP contribution is 2.17. The van der Waals surface area contributed by atoms with Crippen molar-refractivity contribution in [1.82, 2.24) is 5.43 Å². The highest BCUT2D eigenvalue weighted by molar-refractivity contribution is 7.80. The molecule has 6 heteroatoms. The second-order valence-electron chi connectivity index (χ2n) is 5.64. The molecule has 0 fully saturated rings. The SMILES string of the molecule is Fc1ccc(COc2ccccc2C=NNC(=S)Nc2ccccc2)cc1. The monoisotopic (exact) mass is 379 g/mol. The number of hydrogen-bond donors (Lipinski definition) is 2. The zero-order valence-corrected chi connectivity index (χ0v) is 15.2. The van der Waals surface area contributed by atoms with Gasteiger partial charge in [0.2, 0.25) is 0 Å². The number of para-hydroxylation sites is 2. The number of anilines is 1. The predicted octanol–water partition coefficient (Wildman–Crippen LogP) is 4.73. The van der Waals surface area contributed by atoms with Gasteiger partial charge in [-0.05, 0) is 54.2 Å². The summed E-state index contributed by atoms with van der Waals surface area (Å²) in [5.74, 6) is 0.409. The molecule has 0 amide bonds. The molecule has 0 aliphatic heterocycles. The summed E-state index contributed by atoms with van der Waals surface area (Å²) in [6, 6.07) is 23.3. The van der Waals surface area contributed by atoms with E-state index in [0.29, 0.717) is 17.5 Å². The van der Waals surface area contributed by atoms with Crippen molar-refractivity contribution in [2.75, 3.05) is 5.32 Å². The molecule has 0 aliphatic carbocycles. The van der Waals surface area contributed by atoms with E-state index in [2.05, 4.69) is 15.8 Å². The summed E-state index contributed by atoms with van der Waals surface area (Å²) in [5, 5.41) is 7.59.